The predicted molar refractivity (Wildman–Crippen MR) is 74.8 cm³/mol. The van der Waals surface area contributed by atoms with Crippen molar-refractivity contribution < 1.29 is 17.9 Å². The van der Waals surface area contributed by atoms with Crippen molar-refractivity contribution in [3.63, 3.8) is 0 Å². The Bertz CT molecular complexity index is 639. The van der Waals surface area contributed by atoms with Crippen molar-refractivity contribution in [1.29, 1.82) is 0 Å². The minimum atomic E-state index is -2.96. The van der Waals surface area contributed by atoms with Crippen molar-refractivity contribution in [3.8, 4) is 5.75 Å². The zero-order valence-electron chi connectivity index (χ0n) is 11.3. The maximum atomic E-state index is 12.4. The minimum Gasteiger partial charge on any atom is -0.490 e. The SMILES string of the molecule is C[C@H]1Cc2cc(C(=O)N3CCS(=O)(=O)CC3)ccc2O1. The van der Waals surface area contributed by atoms with Gasteiger partial charge in [0, 0.05) is 25.1 Å². The molecule has 0 N–H and O–H groups in total. The normalized spacial score (nSPS) is 24.1. The van der Waals surface area contributed by atoms with Gasteiger partial charge in [0.05, 0.1) is 11.5 Å². The summed E-state index contributed by atoms with van der Waals surface area (Å²) < 4.78 is 28.4. The van der Waals surface area contributed by atoms with E-state index in [4.69, 9.17) is 4.74 Å². The number of hydrogen-bond acceptors (Lipinski definition) is 4. The van der Waals surface area contributed by atoms with E-state index >= 15 is 0 Å². The molecule has 0 saturated carbocycles. The van der Waals surface area contributed by atoms with Gasteiger partial charge in [0.15, 0.2) is 9.84 Å². The number of carbonyl (C=O) groups excluding carboxylic acids is 1. The van der Waals surface area contributed by atoms with Crippen molar-refractivity contribution in [1.82, 2.24) is 4.90 Å². The van der Waals surface area contributed by atoms with Gasteiger partial charge in [-0.3, -0.25) is 4.79 Å². The Balaban J connectivity index is 1.77. The van der Waals surface area contributed by atoms with Crippen molar-refractivity contribution in [3.05, 3.63) is 29.3 Å². The second-order valence-electron chi connectivity index (χ2n) is 5.40. The molecule has 3 rings (SSSR count). The Morgan fingerprint density at radius 3 is 2.70 bits per heavy atom. The molecular formula is C14H17NO4S. The molecule has 6 heteroatoms. The van der Waals surface area contributed by atoms with Crippen LogP contribution in [0.2, 0.25) is 0 Å². The molecule has 2 aliphatic heterocycles. The summed E-state index contributed by atoms with van der Waals surface area (Å²) in [5, 5.41) is 0. The van der Waals surface area contributed by atoms with E-state index in [0.717, 1.165) is 17.7 Å². The summed E-state index contributed by atoms with van der Waals surface area (Å²) in [6.07, 6.45) is 0.959. The second kappa shape index (κ2) is 4.77. The molecule has 2 heterocycles. The molecule has 5 nitrogen and oxygen atoms in total. The van der Waals surface area contributed by atoms with E-state index in [1.54, 1.807) is 11.0 Å². The van der Waals surface area contributed by atoms with Gasteiger partial charge in [0.1, 0.15) is 11.9 Å². The Hall–Kier alpha value is -1.56. The fraction of sp³-hybridized carbons (Fsp3) is 0.500. The van der Waals surface area contributed by atoms with E-state index in [-0.39, 0.29) is 36.6 Å². The molecule has 1 fully saturated rings. The number of ether oxygens (including phenoxy) is 1. The number of nitrogens with zero attached hydrogens (tertiary/aromatic N) is 1. The van der Waals surface area contributed by atoms with Gasteiger partial charge >= 0.3 is 0 Å². The van der Waals surface area contributed by atoms with Crippen LogP contribution in [0.4, 0.5) is 0 Å². The third-order valence-corrected chi connectivity index (χ3v) is 5.38. The van der Waals surface area contributed by atoms with Gasteiger partial charge in [-0.2, -0.15) is 0 Å². The summed E-state index contributed by atoms with van der Waals surface area (Å²) in [4.78, 5) is 14.0. The van der Waals surface area contributed by atoms with Gasteiger partial charge in [0.25, 0.3) is 5.91 Å². The first-order valence-electron chi connectivity index (χ1n) is 6.74. The molecule has 0 spiro atoms. The van der Waals surface area contributed by atoms with Gasteiger partial charge < -0.3 is 9.64 Å². The van der Waals surface area contributed by atoms with Crippen LogP contribution < -0.4 is 4.74 Å². The van der Waals surface area contributed by atoms with Crippen LogP contribution in [-0.2, 0) is 16.3 Å². The van der Waals surface area contributed by atoms with E-state index in [1.165, 1.54) is 0 Å². The quantitative estimate of drug-likeness (QED) is 0.771. The van der Waals surface area contributed by atoms with Crippen LogP contribution in [0.5, 0.6) is 5.75 Å². The van der Waals surface area contributed by atoms with E-state index < -0.39 is 9.84 Å². The van der Waals surface area contributed by atoms with Gasteiger partial charge in [-0.15, -0.1) is 0 Å². The van der Waals surface area contributed by atoms with Crippen LogP contribution in [0.15, 0.2) is 18.2 Å². The lowest BCUT2D eigenvalue weighted by Crippen LogP contribution is -2.43. The van der Waals surface area contributed by atoms with Crippen molar-refractivity contribution in [2.45, 2.75) is 19.4 Å². The smallest absolute Gasteiger partial charge is 0.253 e. The summed E-state index contributed by atoms with van der Waals surface area (Å²) in [5.41, 5.74) is 1.66. The van der Waals surface area contributed by atoms with Gasteiger partial charge in [-0.1, -0.05) is 0 Å². The molecule has 1 aromatic rings. The van der Waals surface area contributed by atoms with Crippen molar-refractivity contribution in [2.75, 3.05) is 24.6 Å². The monoisotopic (exact) mass is 295 g/mol. The number of hydrogen-bond donors (Lipinski definition) is 0. The summed E-state index contributed by atoms with van der Waals surface area (Å²) >= 11 is 0. The number of fused-ring (bicyclic) bond motifs is 1. The molecule has 1 atom stereocenters. The van der Waals surface area contributed by atoms with Crippen LogP contribution in [0.25, 0.3) is 0 Å². The molecule has 1 aromatic carbocycles. The largest absolute Gasteiger partial charge is 0.490 e. The summed E-state index contributed by atoms with van der Waals surface area (Å²) in [7, 11) is -2.96. The molecule has 0 aliphatic carbocycles. The fourth-order valence-corrected chi connectivity index (χ4v) is 3.85. The highest BCUT2D eigenvalue weighted by Crippen LogP contribution is 2.29. The summed E-state index contributed by atoms with van der Waals surface area (Å²) in [6, 6.07) is 5.44. The molecule has 1 saturated heterocycles. The highest BCUT2D eigenvalue weighted by molar-refractivity contribution is 7.91. The van der Waals surface area contributed by atoms with Crippen LogP contribution in [-0.4, -0.2) is 49.9 Å². The van der Waals surface area contributed by atoms with E-state index in [2.05, 4.69) is 0 Å². The molecule has 0 radical (unpaired) electrons. The van der Waals surface area contributed by atoms with Gasteiger partial charge in [-0.05, 0) is 30.7 Å². The maximum Gasteiger partial charge on any atom is 0.253 e. The van der Waals surface area contributed by atoms with E-state index in [0.29, 0.717) is 5.56 Å². The predicted octanol–water partition coefficient (Wildman–Crippen LogP) is 0.881. The second-order valence-corrected chi connectivity index (χ2v) is 7.70. The first-order valence-corrected chi connectivity index (χ1v) is 8.56. The standard InChI is InChI=1S/C14H17NO4S/c1-10-8-12-9-11(2-3-13(12)19-10)14(16)15-4-6-20(17,18)7-5-15/h2-3,9-10H,4-8H2,1H3/t10-/m0/s1. The highest BCUT2D eigenvalue weighted by Gasteiger charge is 2.27. The number of amides is 1. The van der Waals surface area contributed by atoms with Crippen LogP contribution >= 0.6 is 0 Å². The molecule has 0 bridgehead atoms. The number of sulfone groups is 1. The van der Waals surface area contributed by atoms with Crippen molar-refractivity contribution >= 4 is 15.7 Å². The first-order chi connectivity index (χ1) is 9.44. The fourth-order valence-electron chi connectivity index (χ4n) is 2.65. The van der Waals surface area contributed by atoms with Gasteiger partial charge in [-0.25, -0.2) is 8.42 Å². The van der Waals surface area contributed by atoms with Gasteiger partial charge in [0.2, 0.25) is 0 Å². The lowest BCUT2D eigenvalue weighted by atomic mass is 10.1. The average molecular weight is 295 g/mol. The maximum absolute atomic E-state index is 12.4. The minimum absolute atomic E-state index is 0.0594. The number of rotatable bonds is 1. The molecule has 2 aliphatic rings. The first kappa shape index (κ1) is 13.4. The Morgan fingerprint density at radius 1 is 1.30 bits per heavy atom. The average Bonchev–Trinajstić information content (AvgIpc) is 2.77. The summed E-state index contributed by atoms with van der Waals surface area (Å²) in [6.45, 7) is 2.56. The van der Waals surface area contributed by atoms with E-state index in [9.17, 15) is 13.2 Å². The third-order valence-electron chi connectivity index (χ3n) is 3.77. The molecule has 0 aromatic heterocycles. The van der Waals surface area contributed by atoms with Crippen LogP contribution in [0.1, 0.15) is 22.8 Å². The van der Waals surface area contributed by atoms with E-state index in [1.807, 2.05) is 19.1 Å². The molecular weight excluding hydrogens is 278 g/mol. The number of benzene rings is 1. The summed E-state index contributed by atoms with van der Waals surface area (Å²) in [5.74, 6) is 0.866. The highest BCUT2D eigenvalue weighted by atomic mass is 32.2. The zero-order valence-corrected chi connectivity index (χ0v) is 12.1. The van der Waals surface area contributed by atoms with Crippen LogP contribution in [0.3, 0.4) is 0 Å². The lowest BCUT2D eigenvalue weighted by Gasteiger charge is -2.26. The lowest BCUT2D eigenvalue weighted by molar-refractivity contribution is 0.0770. The number of carbonyl (C=O) groups is 1. The Kier molecular flexibility index (Phi) is 3.20. The zero-order chi connectivity index (χ0) is 14.3. The topological polar surface area (TPSA) is 63.7 Å². The van der Waals surface area contributed by atoms with Crippen molar-refractivity contribution in [2.24, 2.45) is 0 Å². The Labute approximate surface area is 118 Å². The van der Waals surface area contributed by atoms with Crippen LogP contribution in [0, 0.1) is 0 Å². The molecule has 1 amide bonds. The molecule has 108 valence electrons. The molecule has 0 unspecified atom stereocenters. The Morgan fingerprint density at radius 2 is 2.00 bits per heavy atom. The molecule has 20 heavy (non-hydrogen) atoms. The third kappa shape index (κ3) is 2.52.